The van der Waals surface area contributed by atoms with Crippen molar-refractivity contribution in [2.45, 2.75) is 25.7 Å². The van der Waals surface area contributed by atoms with Gasteiger partial charge in [0, 0.05) is 42.8 Å². The molecule has 196 valence electrons. The van der Waals surface area contributed by atoms with Crippen LogP contribution >= 0.6 is 0 Å². The van der Waals surface area contributed by atoms with Crippen molar-refractivity contribution in [2.24, 2.45) is 11.8 Å². The first-order valence-electron chi connectivity index (χ1n) is 12.8. The molecule has 1 aliphatic rings. The van der Waals surface area contributed by atoms with E-state index in [-0.39, 0.29) is 5.91 Å². The summed E-state index contributed by atoms with van der Waals surface area (Å²) >= 11 is 0. The normalized spacial score (nSPS) is 17.5. The molecule has 1 saturated carbocycles. The number of carbonyl (C=O) groups excluding carboxylic acids is 1. The van der Waals surface area contributed by atoms with Gasteiger partial charge in [-0.3, -0.25) is 4.79 Å². The van der Waals surface area contributed by atoms with Crippen molar-refractivity contribution < 1.29 is 19.4 Å². The Labute approximate surface area is 217 Å². The van der Waals surface area contributed by atoms with Gasteiger partial charge in [0.05, 0.1) is 16.8 Å². The summed E-state index contributed by atoms with van der Waals surface area (Å²) in [4.78, 5) is 35.3. The number of nitrogens with one attached hydrogen (secondary N) is 2. The number of para-hydroxylation sites is 1. The van der Waals surface area contributed by atoms with Gasteiger partial charge in [-0.1, -0.05) is 18.2 Å². The summed E-state index contributed by atoms with van der Waals surface area (Å²) in [6.07, 6.45) is 4.63. The maximum atomic E-state index is 13.3. The smallest absolute Gasteiger partial charge is 0.404 e. The predicted molar refractivity (Wildman–Crippen MR) is 143 cm³/mol. The van der Waals surface area contributed by atoms with Gasteiger partial charge in [-0.2, -0.15) is 0 Å². The molecule has 9 heteroatoms. The highest BCUT2D eigenvalue weighted by molar-refractivity contribution is 6.07. The summed E-state index contributed by atoms with van der Waals surface area (Å²) in [5, 5.41) is 15.2. The maximum Gasteiger partial charge on any atom is 0.404 e. The van der Waals surface area contributed by atoms with Gasteiger partial charge < -0.3 is 25.4 Å². The van der Waals surface area contributed by atoms with Crippen molar-refractivity contribution in [1.29, 1.82) is 0 Å². The van der Waals surface area contributed by atoms with E-state index in [9.17, 15) is 9.59 Å². The summed E-state index contributed by atoms with van der Waals surface area (Å²) < 4.78 is 5.69. The minimum absolute atomic E-state index is 0.119. The molecule has 1 aromatic carbocycles. The van der Waals surface area contributed by atoms with Gasteiger partial charge >= 0.3 is 6.09 Å². The number of fused-ring (bicyclic) bond motifs is 1. The first-order chi connectivity index (χ1) is 17.9. The number of amides is 2. The molecule has 0 spiro atoms. The zero-order valence-electron chi connectivity index (χ0n) is 21.4. The molecular weight excluding hydrogens is 470 g/mol. The third-order valence-corrected chi connectivity index (χ3v) is 6.84. The average Bonchev–Trinajstić information content (AvgIpc) is 2.90. The molecule has 37 heavy (non-hydrogen) atoms. The van der Waals surface area contributed by atoms with E-state index >= 15 is 0 Å². The maximum absolute atomic E-state index is 13.3. The second-order valence-corrected chi connectivity index (χ2v) is 9.89. The first-order valence-corrected chi connectivity index (χ1v) is 12.8. The SMILES string of the molecule is CN(C)CCOc1ccc(-c2cc(C(=O)NCC3CCC(CNC(=O)O)CC3)c3ccccc3n2)cn1. The number of hydrogen-bond donors (Lipinski definition) is 3. The minimum atomic E-state index is -0.974. The van der Waals surface area contributed by atoms with Crippen molar-refractivity contribution in [2.75, 3.05) is 40.3 Å². The Hall–Kier alpha value is -3.72. The molecule has 4 rings (SSSR count). The monoisotopic (exact) mass is 505 g/mol. The Bertz CT molecular complexity index is 1210. The largest absolute Gasteiger partial charge is 0.476 e. The van der Waals surface area contributed by atoms with Crippen molar-refractivity contribution in [3.8, 4) is 17.1 Å². The number of pyridine rings is 2. The standard InChI is InChI=1S/C28H35N5O4/c1-33(2)13-14-37-26-12-11-21(18-29-26)25-15-23(22-5-3-4-6-24(22)32-25)27(34)30-16-19-7-9-20(10-8-19)17-31-28(35)36/h3-6,11-12,15,18-20,31H,7-10,13-14,16-17H2,1-2H3,(H,30,34)(H,35,36). The molecule has 0 radical (unpaired) electrons. The van der Waals surface area contributed by atoms with E-state index in [1.165, 1.54) is 0 Å². The second kappa shape index (κ2) is 12.5. The lowest BCUT2D eigenvalue weighted by Crippen LogP contribution is -2.34. The van der Waals surface area contributed by atoms with E-state index < -0.39 is 6.09 Å². The van der Waals surface area contributed by atoms with Crippen LogP contribution in [0.1, 0.15) is 36.0 Å². The fourth-order valence-corrected chi connectivity index (χ4v) is 4.66. The Kier molecular flexibility index (Phi) is 8.90. The lowest BCUT2D eigenvalue weighted by molar-refractivity contribution is 0.0942. The molecule has 3 N–H and O–H groups in total. The molecule has 2 heterocycles. The summed E-state index contributed by atoms with van der Waals surface area (Å²) in [6.45, 7) is 2.46. The summed E-state index contributed by atoms with van der Waals surface area (Å²) in [6, 6.07) is 13.2. The summed E-state index contributed by atoms with van der Waals surface area (Å²) in [5.74, 6) is 1.19. The number of rotatable bonds is 10. The Morgan fingerprint density at radius 3 is 2.38 bits per heavy atom. The first kappa shape index (κ1) is 26.3. The quantitative estimate of drug-likeness (QED) is 0.381. The van der Waals surface area contributed by atoms with Gasteiger partial charge in [0.15, 0.2) is 0 Å². The fourth-order valence-electron chi connectivity index (χ4n) is 4.66. The lowest BCUT2D eigenvalue weighted by Gasteiger charge is -2.28. The number of carboxylic acid groups (broad SMARTS) is 1. The number of carbonyl (C=O) groups is 2. The summed E-state index contributed by atoms with van der Waals surface area (Å²) in [5.41, 5.74) is 2.84. The van der Waals surface area contributed by atoms with Gasteiger partial charge in [0.25, 0.3) is 5.91 Å². The van der Waals surface area contributed by atoms with Crippen molar-refractivity contribution >= 4 is 22.9 Å². The van der Waals surface area contributed by atoms with Crippen LogP contribution in [0.15, 0.2) is 48.7 Å². The Morgan fingerprint density at radius 1 is 1.03 bits per heavy atom. The topological polar surface area (TPSA) is 117 Å². The molecule has 9 nitrogen and oxygen atoms in total. The van der Waals surface area contributed by atoms with E-state index in [1.807, 2.05) is 61.5 Å². The van der Waals surface area contributed by atoms with Crippen LogP contribution < -0.4 is 15.4 Å². The molecule has 0 aliphatic heterocycles. The van der Waals surface area contributed by atoms with E-state index in [0.29, 0.717) is 48.7 Å². The fraction of sp³-hybridized carbons (Fsp3) is 0.429. The molecule has 3 aromatic rings. The number of ether oxygens (including phenoxy) is 1. The highest BCUT2D eigenvalue weighted by Crippen LogP contribution is 2.29. The van der Waals surface area contributed by atoms with Crippen LogP contribution in [0.3, 0.4) is 0 Å². The van der Waals surface area contributed by atoms with Gasteiger partial charge in [0.2, 0.25) is 5.88 Å². The molecule has 0 unspecified atom stereocenters. The molecule has 0 atom stereocenters. The average molecular weight is 506 g/mol. The molecule has 1 fully saturated rings. The van der Waals surface area contributed by atoms with Crippen molar-refractivity contribution in [3.05, 3.63) is 54.2 Å². The highest BCUT2D eigenvalue weighted by atomic mass is 16.5. The van der Waals surface area contributed by atoms with E-state index in [2.05, 4.69) is 15.6 Å². The van der Waals surface area contributed by atoms with E-state index in [4.69, 9.17) is 14.8 Å². The molecule has 1 aliphatic carbocycles. The van der Waals surface area contributed by atoms with Crippen molar-refractivity contribution in [3.63, 3.8) is 0 Å². The van der Waals surface area contributed by atoms with Crippen LogP contribution in [0, 0.1) is 11.8 Å². The molecular formula is C28H35N5O4. The molecule has 0 bridgehead atoms. The third-order valence-electron chi connectivity index (χ3n) is 6.84. The van der Waals surface area contributed by atoms with Crippen LogP contribution in [0.25, 0.3) is 22.2 Å². The van der Waals surface area contributed by atoms with Crippen molar-refractivity contribution in [1.82, 2.24) is 25.5 Å². The van der Waals surface area contributed by atoms with Gasteiger partial charge in [-0.25, -0.2) is 14.8 Å². The van der Waals surface area contributed by atoms with E-state index in [0.717, 1.165) is 48.7 Å². The highest BCUT2D eigenvalue weighted by Gasteiger charge is 2.23. The zero-order valence-corrected chi connectivity index (χ0v) is 21.4. The molecule has 0 saturated heterocycles. The zero-order chi connectivity index (χ0) is 26.2. The number of nitrogens with zero attached hydrogens (tertiary/aromatic N) is 3. The number of hydrogen-bond acceptors (Lipinski definition) is 6. The molecule has 2 aromatic heterocycles. The Morgan fingerprint density at radius 2 is 1.73 bits per heavy atom. The Balaban J connectivity index is 1.42. The van der Waals surface area contributed by atoms with Gasteiger partial charge in [0.1, 0.15) is 6.61 Å². The molecule has 2 amide bonds. The van der Waals surface area contributed by atoms with Gasteiger partial charge in [-0.05, 0) is 69.8 Å². The number of likely N-dealkylation sites (N-methyl/N-ethyl adjacent to an activating group) is 1. The summed E-state index contributed by atoms with van der Waals surface area (Å²) in [7, 11) is 3.98. The lowest BCUT2D eigenvalue weighted by atomic mass is 9.82. The number of benzene rings is 1. The minimum Gasteiger partial charge on any atom is -0.476 e. The van der Waals surface area contributed by atoms with Gasteiger partial charge in [-0.15, -0.1) is 0 Å². The van der Waals surface area contributed by atoms with Crippen LogP contribution in [0.5, 0.6) is 5.88 Å². The van der Waals surface area contributed by atoms with Crippen LogP contribution in [-0.4, -0.2) is 72.3 Å². The van der Waals surface area contributed by atoms with Crippen LogP contribution in [0.2, 0.25) is 0 Å². The van der Waals surface area contributed by atoms with Crippen LogP contribution in [0.4, 0.5) is 4.79 Å². The van der Waals surface area contributed by atoms with Crippen LogP contribution in [-0.2, 0) is 0 Å². The van der Waals surface area contributed by atoms with E-state index in [1.54, 1.807) is 6.20 Å². The number of aromatic nitrogens is 2. The second-order valence-electron chi connectivity index (χ2n) is 9.89. The third kappa shape index (κ3) is 7.39. The predicted octanol–water partition coefficient (Wildman–Crippen LogP) is 4.04.